The summed E-state index contributed by atoms with van der Waals surface area (Å²) in [5.41, 5.74) is 0.501. The van der Waals surface area contributed by atoms with E-state index in [9.17, 15) is 14.0 Å². The molecule has 0 heterocycles. The second-order valence-corrected chi connectivity index (χ2v) is 5.03. The molecule has 3 atom stereocenters. The number of carboxylic acids is 1. The van der Waals surface area contributed by atoms with E-state index in [1.165, 1.54) is 32.2 Å². The molecule has 21 heavy (non-hydrogen) atoms. The Morgan fingerprint density at radius 1 is 1.24 bits per heavy atom. The van der Waals surface area contributed by atoms with Crippen LogP contribution < -0.4 is 10.1 Å². The van der Waals surface area contributed by atoms with Gasteiger partial charge in [-0.3, -0.25) is 9.59 Å². The first kappa shape index (κ1) is 16.9. The van der Waals surface area contributed by atoms with Crippen LogP contribution in [-0.4, -0.2) is 24.1 Å². The van der Waals surface area contributed by atoms with E-state index >= 15 is 0 Å². The lowest BCUT2D eigenvalue weighted by molar-refractivity contribution is -0.146. The summed E-state index contributed by atoms with van der Waals surface area (Å²) >= 11 is 0. The monoisotopic (exact) mass is 297 g/mol. The molecule has 0 aliphatic rings. The molecule has 1 aromatic carbocycles. The molecule has 0 bridgehead atoms. The molecule has 2 N–H and O–H groups in total. The molecule has 1 rings (SSSR count). The van der Waals surface area contributed by atoms with Crippen molar-refractivity contribution in [3.05, 3.63) is 29.6 Å². The summed E-state index contributed by atoms with van der Waals surface area (Å²) in [6.07, 6.45) is 0. The third-order valence-corrected chi connectivity index (χ3v) is 3.57. The molecular weight excluding hydrogens is 277 g/mol. The minimum absolute atomic E-state index is 0.399. The first-order chi connectivity index (χ1) is 9.77. The number of carboxylic acid groups (broad SMARTS) is 1. The average molecular weight is 297 g/mol. The van der Waals surface area contributed by atoms with E-state index in [1.54, 1.807) is 13.8 Å². The highest BCUT2D eigenvalue weighted by Crippen LogP contribution is 2.26. The number of rotatable bonds is 6. The number of carbonyl (C=O) groups is 2. The maximum atomic E-state index is 13.3. The molecule has 1 amide bonds. The number of halogens is 1. The Bertz CT molecular complexity index is 532. The van der Waals surface area contributed by atoms with Crippen molar-refractivity contribution >= 4 is 11.9 Å². The van der Waals surface area contributed by atoms with Gasteiger partial charge in [-0.15, -0.1) is 0 Å². The van der Waals surface area contributed by atoms with E-state index in [4.69, 9.17) is 9.84 Å². The van der Waals surface area contributed by atoms with Crippen molar-refractivity contribution in [1.29, 1.82) is 0 Å². The van der Waals surface area contributed by atoms with E-state index in [0.717, 1.165) is 0 Å². The number of aliphatic carboxylic acids is 1. The summed E-state index contributed by atoms with van der Waals surface area (Å²) in [5, 5.41) is 11.6. The van der Waals surface area contributed by atoms with Crippen LogP contribution >= 0.6 is 0 Å². The number of carbonyl (C=O) groups excluding carboxylic acids is 1. The Labute approximate surface area is 123 Å². The number of hydrogen-bond donors (Lipinski definition) is 2. The minimum Gasteiger partial charge on any atom is -0.496 e. The molecule has 3 unspecified atom stereocenters. The van der Waals surface area contributed by atoms with Crippen molar-refractivity contribution in [3.63, 3.8) is 0 Å². The summed E-state index contributed by atoms with van der Waals surface area (Å²) in [6.45, 7) is 4.71. The highest BCUT2D eigenvalue weighted by atomic mass is 19.1. The molecule has 6 heteroatoms. The molecule has 1 aromatic rings. The highest BCUT2D eigenvalue weighted by Gasteiger charge is 2.27. The van der Waals surface area contributed by atoms with Gasteiger partial charge < -0.3 is 15.2 Å². The van der Waals surface area contributed by atoms with Crippen molar-refractivity contribution in [2.24, 2.45) is 11.8 Å². The quantitative estimate of drug-likeness (QED) is 0.845. The largest absolute Gasteiger partial charge is 0.496 e. The van der Waals surface area contributed by atoms with E-state index in [2.05, 4.69) is 5.32 Å². The van der Waals surface area contributed by atoms with Crippen LogP contribution in [0, 0.1) is 17.7 Å². The zero-order chi connectivity index (χ0) is 16.2. The third-order valence-electron chi connectivity index (χ3n) is 3.57. The molecule has 0 aliphatic carbocycles. The van der Waals surface area contributed by atoms with Crippen LogP contribution in [0.15, 0.2) is 18.2 Å². The fourth-order valence-corrected chi connectivity index (χ4v) is 1.91. The summed E-state index contributed by atoms with van der Waals surface area (Å²) in [5.74, 6) is -2.89. The maximum Gasteiger partial charge on any atom is 0.307 e. The van der Waals surface area contributed by atoms with Gasteiger partial charge in [-0.2, -0.15) is 0 Å². The normalized spacial score (nSPS) is 14.9. The second-order valence-electron chi connectivity index (χ2n) is 5.03. The van der Waals surface area contributed by atoms with Crippen LogP contribution in [-0.2, 0) is 9.59 Å². The van der Waals surface area contributed by atoms with Crippen LogP contribution in [0.2, 0.25) is 0 Å². The Hall–Kier alpha value is -2.11. The predicted octanol–water partition coefficient (Wildman–Crippen LogP) is 2.37. The number of nitrogens with one attached hydrogen (secondary N) is 1. The molecule has 5 nitrogen and oxygen atoms in total. The van der Waals surface area contributed by atoms with Gasteiger partial charge in [0.2, 0.25) is 5.91 Å². The van der Waals surface area contributed by atoms with Gasteiger partial charge in [-0.05, 0) is 25.1 Å². The van der Waals surface area contributed by atoms with Gasteiger partial charge in [0.05, 0.1) is 19.1 Å². The Balaban J connectivity index is 2.86. The molecule has 0 saturated heterocycles. The number of hydrogen-bond acceptors (Lipinski definition) is 3. The first-order valence-corrected chi connectivity index (χ1v) is 6.64. The standard InChI is InChI=1S/C15H20FNO4/c1-8(9(2)15(19)20)14(18)17-10(3)12-7-11(16)5-6-13(12)21-4/h5-10H,1-4H3,(H,17,18)(H,19,20). The smallest absolute Gasteiger partial charge is 0.307 e. The number of methoxy groups -OCH3 is 1. The van der Waals surface area contributed by atoms with Gasteiger partial charge in [0, 0.05) is 11.5 Å². The van der Waals surface area contributed by atoms with Gasteiger partial charge in [0.15, 0.2) is 0 Å². The Kier molecular flexibility index (Phi) is 5.69. The van der Waals surface area contributed by atoms with Gasteiger partial charge in [0.1, 0.15) is 11.6 Å². The minimum atomic E-state index is -1.03. The number of benzene rings is 1. The summed E-state index contributed by atoms with van der Waals surface area (Å²) in [7, 11) is 1.46. The van der Waals surface area contributed by atoms with E-state index in [-0.39, 0.29) is 0 Å². The fourth-order valence-electron chi connectivity index (χ4n) is 1.91. The average Bonchev–Trinajstić information content (AvgIpc) is 2.45. The highest BCUT2D eigenvalue weighted by molar-refractivity contribution is 5.84. The molecule has 0 fully saturated rings. The molecule has 0 aromatic heterocycles. The van der Waals surface area contributed by atoms with Gasteiger partial charge in [0.25, 0.3) is 0 Å². The van der Waals surface area contributed by atoms with Crippen molar-refractivity contribution in [2.75, 3.05) is 7.11 Å². The molecule has 0 radical (unpaired) electrons. The van der Waals surface area contributed by atoms with Gasteiger partial charge in [-0.1, -0.05) is 13.8 Å². The SMILES string of the molecule is COc1ccc(F)cc1C(C)NC(=O)C(C)C(C)C(=O)O. The third kappa shape index (κ3) is 4.18. The van der Waals surface area contributed by atoms with E-state index < -0.39 is 35.6 Å². The topological polar surface area (TPSA) is 75.6 Å². The molecule has 0 aliphatic heterocycles. The Morgan fingerprint density at radius 3 is 2.38 bits per heavy atom. The lowest BCUT2D eigenvalue weighted by atomic mass is 9.94. The van der Waals surface area contributed by atoms with Crippen molar-refractivity contribution in [3.8, 4) is 5.75 Å². The van der Waals surface area contributed by atoms with Gasteiger partial charge in [-0.25, -0.2) is 4.39 Å². The van der Waals surface area contributed by atoms with Crippen LogP contribution in [0.3, 0.4) is 0 Å². The van der Waals surface area contributed by atoms with Crippen molar-refractivity contribution in [1.82, 2.24) is 5.32 Å². The molecule has 0 saturated carbocycles. The van der Waals surface area contributed by atoms with Crippen molar-refractivity contribution < 1.29 is 23.8 Å². The van der Waals surface area contributed by atoms with E-state index in [0.29, 0.717) is 11.3 Å². The molecule has 116 valence electrons. The van der Waals surface area contributed by atoms with Crippen LogP contribution in [0.5, 0.6) is 5.75 Å². The van der Waals surface area contributed by atoms with Crippen LogP contribution in [0.4, 0.5) is 4.39 Å². The summed E-state index contributed by atoms with van der Waals surface area (Å²) < 4.78 is 18.5. The first-order valence-electron chi connectivity index (χ1n) is 6.64. The predicted molar refractivity (Wildman–Crippen MR) is 75.5 cm³/mol. The number of ether oxygens (including phenoxy) is 1. The maximum absolute atomic E-state index is 13.3. The molecule has 0 spiro atoms. The summed E-state index contributed by atoms with van der Waals surface area (Å²) in [6, 6.07) is 3.55. The van der Waals surface area contributed by atoms with Crippen LogP contribution in [0.25, 0.3) is 0 Å². The lowest BCUT2D eigenvalue weighted by Gasteiger charge is -2.21. The van der Waals surface area contributed by atoms with Crippen LogP contribution in [0.1, 0.15) is 32.4 Å². The fraction of sp³-hybridized carbons (Fsp3) is 0.467. The summed E-state index contributed by atoms with van der Waals surface area (Å²) in [4.78, 5) is 22.9. The lowest BCUT2D eigenvalue weighted by Crippen LogP contribution is -2.36. The number of amides is 1. The Morgan fingerprint density at radius 2 is 1.86 bits per heavy atom. The van der Waals surface area contributed by atoms with Crippen molar-refractivity contribution in [2.45, 2.75) is 26.8 Å². The second kappa shape index (κ2) is 7.06. The van der Waals surface area contributed by atoms with E-state index in [1.807, 2.05) is 0 Å². The van der Waals surface area contributed by atoms with Gasteiger partial charge >= 0.3 is 5.97 Å². The molecular formula is C15H20FNO4. The zero-order valence-electron chi connectivity index (χ0n) is 12.5. The zero-order valence-corrected chi connectivity index (χ0v) is 12.5.